The summed E-state index contributed by atoms with van der Waals surface area (Å²) in [6.07, 6.45) is 0.710. The highest BCUT2D eigenvalue weighted by Gasteiger charge is 2.27. The van der Waals surface area contributed by atoms with Crippen molar-refractivity contribution in [3.05, 3.63) is 58.1 Å². The van der Waals surface area contributed by atoms with Gasteiger partial charge >= 0.3 is 0 Å². The van der Waals surface area contributed by atoms with Crippen LogP contribution in [0.25, 0.3) is 0 Å². The van der Waals surface area contributed by atoms with E-state index in [-0.39, 0.29) is 16.0 Å². The van der Waals surface area contributed by atoms with Gasteiger partial charge < -0.3 is 0 Å². The standard InChI is InChI=1S/C15H13Cl2NO2S2/c16-10-5-6-14-11(9-10)13(7-8-21-14)18-22(19,20)15-4-2-1-3-12(15)17/h1-6,9,13,18H,7-8H2/t13-/m0/s1. The highest BCUT2D eigenvalue weighted by atomic mass is 35.5. The number of hydrogen-bond donors (Lipinski definition) is 1. The minimum Gasteiger partial charge on any atom is -0.207 e. The first-order valence-corrected chi connectivity index (χ1v) is 9.89. The fourth-order valence-corrected chi connectivity index (χ4v) is 5.46. The van der Waals surface area contributed by atoms with Crippen molar-refractivity contribution in [3.63, 3.8) is 0 Å². The first kappa shape index (κ1) is 16.1. The van der Waals surface area contributed by atoms with Gasteiger partial charge in [0.2, 0.25) is 10.0 Å². The van der Waals surface area contributed by atoms with Crippen LogP contribution >= 0.6 is 35.0 Å². The van der Waals surface area contributed by atoms with Crippen LogP contribution in [0.15, 0.2) is 52.3 Å². The average Bonchev–Trinajstić information content (AvgIpc) is 2.48. The molecule has 0 saturated heterocycles. The molecule has 7 heteroatoms. The monoisotopic (exact) mass is 373 g/mol. The van der Waals surface area contributed by atoms with Gasteiger partial charge in [-0.3, -0.25) is 0 Å². The highest BCUT2D eigenvalue weighted by molar-refractivity contribution is 7.99. The molecule has 1 heterocycles. The minimum atomic E-state index is -3.68. The van der Waals surface area contributed by atoms with Crippen molar-refractivity contribution >= 4 is 45.0 Å². The van der Waals surface area contributed by atoms with E-state index in [1.54, 1.807) is 30.0 Å². The molecule has 3 rings (SSSR count). The van der Waals surface area contributed by atoms with Crippen LogP contribution in [0, 0.1) is 0 Å². The Labute approximate surface area is 144 Å². The van der Waals surface area contributed by atoms with Crippen LogP contribution in [-0.4, -0.2) is 14.2 Å². The van der Waals surface area contributed by atoms with E-state index in [9.17, 15) is 8.42 Å². The van der Waals surface area contributed by atoms with Crippen LogP contribution in [0.4, 0.5) is 0 Å². The van der Waals surface area contributed by atoms with Gasteiger partial charge in [0.25, 0.3) is 0 Å². The lowest BCUT2D eigenvalue weighted by Crippen LogP contribution is -2.31. The zero-order chi connectivity index (χ0) is 15.7. The van der Waals surface area contributed by atoms with E-state index in [0.29, 0.717) is 11.4 Å². The Hall–Kier alpha value is -0.720. The highest BCUT2D eigenvalue weighted by Crippen LogP contribution is 2.38. The summed E-state index contributed by atoms with van der Waals surface area (Å²) in [7, 11) is -3.68. The molecule has 1 aliphatic heterocycles. The number of benzene rings is 2. The topological polar surface area (TPSA) is 46.2 Å². The van der Waals surface area contributed by atoms with Crippen LogP contribution in [0.5, 0.6) is 0 Å². The predicted molar refractivity (Wildman–Crippen MR) is 91.3 cm³/mol. The van der Waals surface area contributed by atoms with Gasteiger partial charge in [0.1, 0.15) is 4.90 Å². The van der Waals surface area contributed by atoms with Crippen molar-refractivity contribution in [2.45, 2.75) is 22.3 Å². The number of sulfonamides is 1. The Bertz CT molecular complexity index is 809. The van der Waals surface area contributed by atoms with E-state index in [1.165, 1.54) is 6.07 Å². The number of thioether (sulfide) groups is 1. The second kappa shape index (κ2) is 6.42. The molecule has 116 valence electrons. The molecule has 0 bridgehead atoms. The maximum atomic E-state index is 12.6. The molecule has 2 aromatic carbocycles. The van der Waals surface area contributed by atoms with Crippen molar-refractivity contribution in [3.8, 4) is 0 Å². The largest absolute Gasteiger partial charge is 0.242 e. The van der Waals surface area contributed by atoms with Crippen molar-refractivity contribution in [2.75, 3.05) is 5.75 Å². The summed E-state index contributed by atoms with van der Waals surface area (Å²) in [4.78, 5) is 1.15. The summed E-state index contributed by atoms with van der Waals surface area (Å²) < 4.78 is 27.9. The summed E-state index contributed by atoms with van der Waals surface area (Å²) in [5.41, 5.74) is 0.916. The molecule has 1 aliphatic rings. The zero-order valence-corrected chi connectivity index (χ0v) is 14.6. The lowest BCUT2D eigenvalue weighted by Gasteiger charge is -2.26. The first-order chi connectivity index (χ1) is 10.5. The quantitative estimate of drug-likeness (QED) is 0.860. The molecule has 0 unspecified atom stereocenters. The smallest absolute Gasteiger partial charge is 0.207 e. The summed E-state index contributed by atoms with van der Waals surface area (Å²) in [6, 6.07) is 11.7. The second-order valence-corrected chi connectivity index (χ2v) is 8.59. The lowest BCUT2D eigenvalue weighted by molar-refractivity contribution is 0.546. The number of hydrogen-bond acceptors (Lipinski definition) is 3. The maximum absolute atomic E-state index is 12.6. The molecule has 2 aromatic rings. The molecule has 1 atom stereocenters. The van der Waals surface area contributed by atoms with Crippen molar-refractivity contribution in [1.29, 1.82) is 0 Å². The molecule has 1 N–H and O–H groups in total. The third-order valence-electron chi connectivity index (χ3n) is 3.43. The van der Waals surface area contributed by atoms with E-state index >= 15 is 0 Å². The molecule has 3 nitrogen and oxygen atoms in total. The molecule has 0 amide bonds. The molecule has 0 aliphatic carbocycles. The molecule has 22 heavy (non-hydrogen) atoms. The molecule has 0 fully saturated rings. The Morgan fingerprint density at radius 3 is 2.68 bits per heavy atom. The summed E-state index contributed by atoms with van der Waals surface area (Å²) in [6.45, 7) is 0. The average molecular weight is 374 g/mol. The maximum Gasteiger partial charge on any atom is 0.242 e. The van der Waals surface area contributed by atoms with E-state index < -0.39 is 10.0 Å². The minimum absolute atomic E-state index is 0.0958. The molecular formula is C15H13Cl2NO2S2. The van der Waals surface area contributed by atoms with Crippen LogP contribution in [0.2, 0.25) is 10.0 Å². The Morgan fingerprint density at radius 1 is 1.14 bits per heavy atom. The normalized spacial score (nSPS) is 18.0. The van der Waals surface area contributed by atoms with Gasteiger partial charge in [-0.1, -0.05) is 35.3 Å². The molecular weight excluding hydrogens is 361 g/mol. The van der Waals surface area contributed by atoms with Crippen molar-refractivity contribution in [1.82, 2.24) is 4.72 Å². The van der Waals surface area contributed by atoms with E-state index in [2.05, 4.69) is 4.72 Å². The Morgan fingerprint density at radius 2 is 1.91 bits per heavy atom. The van der Waals surface area contributed by atoms with Crippen molar-refractivity contribution < 1.29 is 8.42 Å². The van der Waals surface area contributed by atoms with Gasteiger partial charge in [0.05, 0.1) is 5.02 Å². The Balaban J connectivity index is 1.95. The zero-order valence-electron chi connectivity index (χ0n) is 11.4. The van der Waals surface area contributed by atoms with Gasteiger partial charge in [-0.05, 0) is 48.1 Å². The SMILES string of the molecule is O=S(=O)(N[C@H]1CCSc2ccc(Cl)cc21)c1ccccc1Cl. The van der Waals surface area contributed by atoms with Crippen LogP contribution in [0.1, 0.15) is 18.0 Å². The first-order valence-electron chi connectivity index (χ1n) is 6.66. The fraction of sp³-hybridized carbons (Fsp3) is 0.200. The van der Waals surface area contributed by atoms with Crippen LogP contribution < -0.4 is 4.72 Å². The second-order valence-electron chi connectivity index (χ2n) is 4.92. The van der Waals surface area contributed by atoms with Gasteiger partial charge in [-0.2, -0.15) is 0 Å². The van der Waals surface area contributed by atoms with Crippen LogP contribution in [-0.2, 0) is 10.0 Å². The predicted octanol–water partition coefficient (Wildman–Crippen LogP) is 4.51. The number of fused-ring (bicyclic) bond motifs is 1. The van der Waals surface area contributed by atoms with Crippen LogP contribution in [0.3, 0.4) is 0 Å². The van der Waals surface area contributed by atoms with Gasteiger partial charge in [-0.25, -0.2) is 13.1 Å². The third kappa shape index (κ3) is 3.29. The fourth-order valence-electron chi connectivity index (χ4n) is 2.40. The number of nitrogens with one attached hydrogen (secondary N) is 1. The van der Waals surface area contributed by atoms with Gasteiger partial charge in [0, 0.05) is 16.0 Å². The molecule has 0 aromatic heterocycles. The van der Waals surface area contributed by atoms with Gasteiger partial charge in [-0.15, -0.1) is 11.8 Å². The summed E-state index contributed by atoms with van der Waals surface area (Å²) >= 11 is 13.8. The molecule has 0 spiro atoms. The van der Waals surface area contributed by atoms with E-state index in [0.717, 1.165) is 16.2 Å². The van der Waals surface area contributed by atoms with Gasteiger partial charge in [0.15, 0.2) is 0 Å². The Kier molecular flexibility index (Phi) is 4.71. The number of halogens is 2. The van der Waals surface area contributed by atoms with E-state index in [1.807, 2.05) is 18.2 Å². The third-order valence-corrected chi connectivity index (χ3v) is 6.76. The molecule has 0 radical (unpaired) electrons. The summed E-state index contributed by atoms with van der Waals surface area (Å²) in [5, 5.41) is 0.815. The summed E-state index contributed by atoms with van der Waals surface area (Å²) in [5.74, 6) is 0.852. The molecule has 0 saturated carbocycles. The lowest BCUT2D eigenvalue weighted by atomic mass is 10.1. The van der Waals surface area contributed by atoms with E-state index in [4.69, 9.17) is 23.2 Å². The number of rotatable bonds is 3. The van der Waals surface area contributed by atoms with Crippen molar-refractivity contribution in [2.24, 2.45) is 0 Å².